The number of nitrogens with one attached hydrogen (secondary N) is 1. The van der Waals surface area contributed by atoms with E-state index in [-0.39, 0.29) is 6.04 Å². The van der Waals surface area contributed by atoms with Gasteiger partial charge in [-0.05, 0) is 31.5 Å². The summed E-state index contributed by atoms with van der Waals surface area (Å²) in [5.74, 6) is 1.49. The molecule has 0 amide bonds. The van der Waals surface area contributed by atoms with Crippen LogP contribution in [-0.2, 0) is 4.74 Å². The molecule has 0 radical (unpaired) electrons. The van der Waals surface area contributed by atoms with Crippen LogP contribution in [0.4, 0.5) is 0 Å². The molecule has 1 N–H and O–H groups in total. The first-order valence-electron chi connectivity index (χ1n) is 6.76. The highest BCUT2D eigenvalue weighted by Crippen LogP contribution is 2.29. The van der Waals surface area contributed by atoms with Crippen molar-refractivity contribution in [3.63, 3.8) is 0 Å². The molecular formula is C16H25NO3. The van der Waals surface area contributed by atoms with Crippen molar-refractivity contribution in [2.75, 3.05) is 34.0 Å². The Kier molecular flexibility index (Phi) is 7.12. The SMILES string of the molecule is C=C(C)COCCNC(C)c1ccc(OC)c(OC)c1. The van der Waals surface area contributed by atoms with E-state index in [1.807, 2.05) is 25.1 Å². The van der Waals surface area contributed by atoms with E-state index in [2.05, 4.69) is 18.8 Å². The van der Waals surface area contributed by atoms with Crippen molar-refractivity contribution in [1.29, 1.82) is 0 Å². The van der Waals surface area contributed by atoms with Crippen LogP contribution in [0.1, 0.15) is 25.5 Å². The summed E-state index contributed by atoms with van der Waals surface area (Å²) < 4.78 is 16.0. The predicted molar refractivity (Wildman–Crippen MR) is 81.6 cm³/mol. The largest absolute Gasteiger partial charge is 0.493 e. The van der Waals surface area contributed by atoms with Gasteiger partial charge in [0.15, 0.2) is 11.5 Å². The molecule has 0 saturated heterocycles. The highest BCUT2D eigenvalue weighted by Gasteiger charge is 2.09. The highest BCUT2D eigenvalue weighted by molar-refractivity contribution is 5.43. The maximum Gasteiger partial charge on any atom is 0.161 e. The molecule has 0 aliphatic carbocycles. The van der Waals surface area contributed by atoms with Gasteiger partial charge in [-0.15, -0.1) is 0 Å². The first-order chi connectivity index (χ1) is 9.58. The molecular weight excluding hydrogens is 254 g/mol. The molecule has 112 valence electrons. The Hall–Kier alpha value is -1.52. The maximum atomic E-state index is 5.46. The van der Waals surface area contributed by atoms with Gasteiger partial charge in [-0.1, -0.05) is 18.2 Å². The lowest BCUT2D eigenvalue weighted by atomic mass is 10.1. The van der Waals surface area contributed by atoms with Crippen LogP contribution in [0, 0.1) is 0 Å². The van der Waals surface area contributed by atoms with Crippen molar-refractivity contribution in [3.05, 3.63) is 35.9 Å². The second kappa shape index (κ2) is 8.61. The molecule has 20 heavy (non-hydrogen) atoms. The lowest BCUT2D eigenvalue weighted by Crippen LogP contribution is -2.23. The fourth-order valence-corrected chi connectivity index (χ4v) is 1.83. The fourth-order valence-electron chi connectivity index (χ4n) is 1.83. The molecule has 0 saturated carbocycles. The van der Waals surface area contributed by atoms with Gasteiger partial charge in [0, 0.05) is 12.6 Å². The molecule has 0 aliphatic rings. The first kappa shape index (κ1) is 16.5. The Morgan fingerprint density at radius 1 is 1.25 bits per heavy atom. The molecule has 1 atom stereocenters. The second-order valence-electron chi connectivity index (χ2n) is 4.80. The second-order valence-corrected chi connectivity index (χ2v) is 4.80. The summed E-state index contributed by atoms with van der Waals surface area (Å²) in [5, 5.41) is 3.41. The van der Waals surface area contributed by atoms with Gasteiger partial charge in [-0.2, -0.15) is 0 Å². The third kappa shape index (κ3) is 5.23. The minimum absolute atomic E-state index is 0.225. The molecule has 1 unspecified atom stereocenters. The minimum atomic E-state index is 0.225. The van der Waals surface area contributed by atoms with Gasteiger partial charge < -0.3 is 19.5 Å². The zero-order valence-electron chi connectivity index (χ0n) is 12.9. The highest BCUT2D eigenvalue weighted by atomic mass is 16.5. The molecule has 0 spiro atoms. The van der Waals surface area contributed by atoms with Gasteiger partial charge >= 0.3 is 0 Å². The van der Waals surface area contributed by atoms with Gasteiger partial charge in [0.2, 0.25) is 0 Å². The van der Waals surface area contributed by atoms with E-state index < -0.39 is 0 Å². The van der Waals surface area contributed by atoms with Gasteiger partial charge in [-0.25, -0.2) is 0 Å². The van der Waals surface area contributed by atoms with Gasteiger partial charge in [0.05, 0.1) is 27.4 Å². The number of ether oxygens (including phenoxy) is 3. The predicted octanol–water partition coefficient (Wildman–Crippen LogP) is 2.95. The Morgan fingerprint density at radius 2 is 1.95 bits per heavy atom. The molecule has 1 rings (SSSR count). The smallest absolute Gasteiger partial charge is 0.161 e. The van der Waals surface area contributed by atoms with E-state index in [0.29, 0.717) is 13.2 Å². The van der Waals surface area contributed by atoms with Gasteiger partial charge in [0.25, 0.3) is 0 Å². The molecule has 0 aliphatic heterocycles. The molecule has 0 heterocycles. The molecule has 1 aromatic carbocycles. The minimum Gasteiger partial charge on any atom is -0.493 e. The molecule has 1 aromatic rings. The van der Waals surface area contributed by atoms with Crippen molar-refractivity contribution >= 4 is 0 Å². The number of rotatable bonds is 9. The summed E-state index contributed by atoms with van der Waals surface area (Å²) in [6, 6.07) is 6.17. The number of hydrogen-bond acceptors (Lipinski definition) is 4. The Bertz CT molecular complexity index is 432. The summed E-state index contributed by atoms with van der Waals surface area (Å²) in [4.78, 5) is 0. The molecule has 0 fully saturated rings. The zero-order chi connectivity index (χ0) is 15.0. The maximum absolute atomic E-state index is 5.46. The van der Waals surface area contributed by atoms with Crippen LogP contribution in [0.2, 0.25) is 0 Å². The molecule has 4 heteroatoms. The summed E-state index contributed by atoms with van der Waals surface area (Å²) in [5.41, 5.74) is 2.19. The summed E-state index contributed by atoms with van der Waals surface area (Å²) in [7, 11) is 3.28. The normalized spacial score (nSPS) is 12.0. The summed E-state index contributed by atoms with van der Waals surface area (Å²) >= 11 is 0. The van der Waals surface area contributed by atoms with Crippen LogP contribution in [0.5, 0.6) is 11.5 Å². The average Bonchev–Trinajstić information content (AvgIpc) is 2.45. The number of hydrogen-bond donors (Lipinski definition) is 1. The van der Waals surface area contributed by atoms with Crippen LogP contribution in [-0.4, -0.2) is 34.0 Å². The number of benzene rings is 1. The van der Waals surface area contributed by atoms with Crippen molar-refractivity contribution < 1.29 is 14.2 Å². The van der Waals surface area contributed by atoms with Crippen molar-refractivity contribution in [2.24, 2.45) is 0 Å². The van der Waals surface area contributed by atoms with Crippen molar-refractivity contribution in [1.82, 2.24) is 5.32 Å². The van der Waals surface area contributed by atoms with Crippen molar-refractivity contribution in [3.8, 4) is 11.5 Å². The first-order valence-corrected chi connectivity index (χ1v) is 6.76. The lowest BCUT2D eigenvalue weighted by Gasteiger charge is -2.16. The van der Waals surface area contributed by atoms with Crippen LogP contribution in [0.15, 0.2) is 30.4 Å². The van der Waals surface area contributed by atoms with E-state index in [1.165, 1.54) is 0 Å². The third-order valence-electron chi connectivity index (χ3n) is 2.95. The Morgan fingerprint density at radius 3 is 2.55 bits per heavy atom. The molecule has 4 nitrogen and oxygen atoms in total. The standard InChI is InChI=1S/C16H25NO3/c1-12(2)11-20-9-8-17-13(3)14-6-7-15(18-4)16(10-14)19-5/h6-7,10,13,17H,1,8-9,11H2,2-5H3. The Balaban J connectivity index is 2.46. The monoisotopic (exact) mass is 279 g/mol. The van der Waals surface area contributed by atoms with E-state index in [4.69, 9.17) is 14.2 Å². The molecule has 0 aromatic heterocycles. The van der Waals surface area contributed by atoms with E-state index in [9.17, 15) is 0 Å². The lowest BCUT2D eigenvalue weighted by molar-refractivity contribution is 0.156. The fraction of sp³-hybridized carbons (Fsp3) is 0.500. The summed E-state index contributed by atoms with van der Waals surface area (Å²) in [6.07, 6.45) is 0. The molecule has 0 bridgehead atoms. The van der Waals surface area contributed by atoms with Crippen LogP contribution >= 0.6 is 0 Å². The van der Waals surface area contributed by atoms with Crippen LogP contribution < -0.4 is 14.8 Å². The van der Waals surface area contributed by atoms with Gasteiger partial charge in [-0.3, -0.25) is 0 Å². The van der Waals surface area contributed by atoms with Crippen molar-refractivity contribution in [2.45, 2.75) is 19.9 Å². The topological polar surface area (TPSA) is 39.7 Å². The van der Waals surface area contributed by atoms with Gasteiger partial charge in [0.1, 0.15) is 0 Å². The Labute approximate surface area is 121 Å². The number of methoxy groups -OCH3 is 2. The summed E-state index contributed by atoms with van der Waals surface area (Å²) in [6.45, 7) is 9.95. The quantitative estimate of drug-likeness (QED) is 0.557. The van der Waals surface area contributed by atoms with Crippen LogP contribution in [0.25, 0.3) is 0 Å². The zero-order valence-corrected chi connectivity index (χ0v) is 12.9. The van der Waals surface area contributed by atoms with E-state index >= 15 is 0 Å². The van der Waals surface area contributed by atoms with E-state index in [1.54, 1.807) is 14.2 Å². The van der Waals surface area contributed by atoms with Crippen LogP contribution in [0.3, 0.4) is 0 Å². The third-order valence-corrected chi connectivity index (χ3v) is 2.95. The van der Waals surface area contributed by atoms with E-state index in [0.717, 1.165) is 29.2 Å². The average molecular weight is 279 g/mol.